The Morgan fingerprint density at radius 3 is 3.00 bits per heavy atom. The van der Waals surface area contributed by atoms with Gasteiger partial charge in [0.2, 0.25) is 5.95 Å². The van der Waals surface area contributed by atoms with Crippen LogP contribution in [-0.4, -0.2) is 53.8 Å². The van der Waals surface area contributed by atoms with Crippen LogP contribution in [0.25, 0.3) is 0 Å². The van der Waals surface area contributed by atoms with Gasteiger partial charge in [0.25, 0.3) is 0 Å². The zero-order chi connectivity index (χ0) is 17.0. The second-order valence-electron chi connectivity index (χ2n) is 5.99. The molecular weight excluding hydrogens is 328 g/mol. The summed E-state index contributed by atoms with van der Waals surface area (Å²) < 4.78 is 26.0. The maximum absolute atomic E-state index is 12.0. The molecule has 0 spiro atoms. The van der Waals surface area contributed by atoms with Crippen molar-refractivity contribution in [3.63, 3.8) is 0 Å². The molecule has 1 fully saturated rings. The SMILES string of the molecule is CS(=O)(=O)c1cnc(NCCn2ccnc2)nc1[C@@H]1CCCNC1. The lowest BCUT2D eigenvalue weighted by Gasteiger charge is -2.24. The molecule has 1 saturated heterocycles. The third-order valence-corrected chi connectivity index (χ3v) is 5.19. The van der Waals surface area contributed by atoms with Crippen molar-refractivity contribution >= 4 is 15.8 Å². The molecule has 1 aliphatic rings. The molecule has 8 nitrogen and oxygen atoms in total. The Balaban J connectivity index is 1.78. The van der Waals surface area contributed by atoms with E-state index in [0.717, 1.165) is 32.5 Å². The summed E-state index contributed by atoms with van der Waals surface area (Å²) in [5, 5.41) is 6.46. The van der Waals surface area contributed by atoms with Gasteiger partial charge in [0.05, 0.1) is 18.2 Å². The van der Waals surface area contributed by atoms with E-state index in [2.05, 4.69) is 25.6 Å². The number of piperidine rings is 1. The van der Waals surface area contributed by atoms with Crippen molar-refractivity contribution in [1.29, 1.82) is 0 Å². The number of imidazole rings is 1. The second kappa shape index (κ2) is 7.27. The average Bonchev–Trinajstić information content (AvgIpc) is 3.08. The van der Waals surface area contributed by atoms with E-state index >= 15 is 0 Å². The van der Waals surface area contributed by atoms with Gasteiger partial charge in [-0.2, -0.15) is 0 Å². The van der Waals surface area contributed by atoms with Crippen molar-refractivity contribution in [1.82, 2.24) is 24.8 Å². The summed E-state index contributed by atoms with van der Waals surface area (Å²) in [5.41, 5.74) is 0.616. The zero-order valence-corrected chi connectivity index (χ0v) is 14.5. The summed E-state index contributed by atoms with van der Waals surface area (Å²) in [6.45, 7) is 3.08. The van der Waals surface area contributed by atoms with Crippen LogP contribution in [0.2, 0.25) is 0 Å². The van der Waals surface area contributed by atoms with Gasteiger partial charge < -0.3 is 15.2 Å². The number of nitrogens with one attached hydrogen (secondary N) is 2. The van der Waals surface area contributed by atoms with Crippen LogP contribution in [0.15, 0.2) is 29.8 Å². The van der Waals surface area contributed by atoms with Gasteiger partial charge in [-0.1, -0.05) is 0 Å². The maximum Gasteiger partial charge on any atom is 0.223 e. The number of hydrogen-bond acceptors (Lipinski definition) is 7. The summed E-state index contributed by atoms with van der Waals surface area (Å²) >= 11 is 0. The van der Waals surface area contributed by atoms with E-state index in [4.69, 9.17) is 0 Å². The third kappa shape index (κ3) is 4.09. The maximum atomic E-state index is 12.0. The van der Waals surface area contributed by atoms with Crippen LogP contribution in [0.1, 0.15) is 24.5 Å². The molecule has 1 atom stereocenters. The van der Waals surface area contributed by atoms with Crippen molar-refractivity contribution in [2.24, 2.45) is 0 Å². The molecule has 0 saturated carbocycles. The molecule has 9 heteroatoms. The summed E-state index contributed by atoms with van der Waals surface area (Å²) in [6, 6.07) is 0. The summed E-state index contributed by atoms with van der Waals surface area (Å²) in [7, 11) is -3.35. The van der Waals surface area contributed by atoms with Gasteiger partial charge in [0.1, 0.15) is 4.90 Å². The molecule has 3 heterocycles. The van der Waals surface area contributed by atoms with Gasteiger partial charge in [-0.15, -0.1) is 0 Å². The molecule has 2 aromatic rings. The van der Waals surface area contributed by atoms with Crippen molar-refractivity contribution in [2.45, 2.75) is 30.2 Å². The Bertz CT molecular complexity index is 769. The van der Waals surface area contributed by atoms with Crippen LogP contribution in [0.5, 0.6) is 0 Å². The summed E-state index contributed by atoms with van der Waals surface area (Å²) in [6.07, 6.45) is 9.93. The largest absolute Gasteiger partial charge is 0.352 e. The number of rotatable bonds is 6. The molecule has 1 aliphatic heterocycles. The number of sulfone groups is 1. The molecule has 0 aromatic carbocycles. The van der Waals surface area contributed by atoms with Crippen LogP contribution >= 0.6 is 0 Å². The molecule has 2 N–H and O–H groups in total. The predicted octanol–water partition coefficient (Wildman–Crippen LogP) is 0.656. The first-order chi connectivity index (χ1) is 11.5. The fourth-order valence-electron chi connectivity index (χ4n) is 2.85. The first-order valence-corrected chi connectivity index (χ1v) is 9.90. The zero-order valence-electron chi connectivity index (χ0n) is 13.6. The van der Waals surface area contributed by atoms with E-state index in [1.165, 1.54) is 12.5 Å². The normalized spacial score (nSPS) is 18.5. The Labute approximate surface area is 141 Å². The summed E-state index contributed by atoms with van der Waals surface area (Å²) in [5.74, 6) is 0.559. The molecule has 0 amide bonds. The highest BCUT2D eigenvalue weighted by Gasteiger charge is 2.25. The number of hydrogen-bond donors (Lipinski definition) is 2. The highest BCUT2D eigenvalue weighted by atomic mass is 32.2. The topological polar surface area (TPSA) is 102 Å². The van der Waals surface area contributed by atoms with Crippen molar-refractivity contribution in [2.75, 3.05) is 31.2 Å². The first-order valence-electron chi connectivity index (χ1n) is 8.01. The van der Waals surface area contributed by atoms with Gasteiger partial charge in [-0.05, 0) is 19.4 Å². The predicted molar refractivity (Wildman–Crippen MR) is 90.7 cm³/mol. The van der Waals surface area contributed by atoms with Gasteiger partial charge in [0.15, 0.2) is 9.84 Å². The number of anilines is 1. The number of nitrogens with zero attached hydrogens (tertiary/aromatic N) is 4. The Hall–Kier alpha value is -2.00. The molecule has 0 radical (unpaired) electrons. The minimum absolute atomic E-state index is 0.0978. The molecule has 130 valence electrons. The average molecular weight is 350 g/mol. The third-order valence-electron chi connectivity index (χ3n) is 4.08. The van der Waals surface area contributed by atoms with E-state index in [1.54, 1.807) is 12.5 Å². The van der Waals surface area contributed by atoms with Gasteiger partial charge >= 0.3 is 0 Å². The van der Waals surface area contributed by atoms with Crippen LogP contribution in [-0.2, 0) is 16.4 Å². The van der Waals surface area contributed by atoms with E-state index in [-0.39, 0.29) is 10.8 Å². The lowest BCUT2D eigenvalue weighted by molar-refractivity contribution is 0.448. The standard InChI is InChI=1S/C15H22N6O2S/c1-24(22,23)13-10-19-15(18-6-8-21-7-5-17-11-21)20-14(13)12-3-2-4-16-9-12/h5,7,10-12,16H,2-4,6,8-9H2,1H3,(H,18,19,20)/t12-/m1/s1. The second-order valence-corrected chi connectivity index (χ2v) is 7.97. The molecule has 24 heavy (non-hydrogen) atoms. The van der Waals surface area contributed by atoms with Crippen LogP contribution < -0.4 is 10.6 Å². The van der Waals surface area contributed by atoms with Crippen molar-refractivity contribution in [3.8, 4) is 0 Å². The Morgan fingerprint density at radius 2 is 2.33 bits per heavy atom. The molecular formula is C15H22N6O2S. The molecule has 0 bridgehead atoms. The van der Waals surface area contributed by atoms with Gasteiger partial charge in [0, 0.05) is 44.2 Å². The van der Waals surface area contributed by atoms with E-state index in [1.807, 2.05) is 10.8 Å². The molecule has 0 aliphatic carbocycles. The van der Waals surface area contributed by atoms with Gasteiger partial charge in [-0.3, -0.25) is 0 Å². The lowest BCUT2D eigenvalue weighted by Crippen LogP contribution is -2.30. The minimum atomic E-state index is -3.35. The highest BCUT2D eigenvalue weighted by Crippen LogP contribution is 2.27. The minimum Gasteiger partial charge on any atom is -0.352 e. The van der Waals surface area contributed by atoms with E-state index < -0.39 is 9.84 Å². The quantitative estimate of drug-likeness (QED) is 0.789. The molecule has 3 rings (SSSR count). The van der Waals surface area contributed by atoms with Crippen molar-refractivity contribution in [3.05, 3.63) is 30.6 Å². The van der Waals surface area contributed by atoms with Crippen molar-refractivity contribution < 1.29 is 8.42 Å². The fraction of sp³-hybridized carbons (Fsp3) is 0.533. The van der Waals surface area contributed by atoms with Crippen LogP contribution in [0, 0.1) is 0 Å². The fourth-order valence-corrected chi connectivity index (χ4v) is 3.68. The first kappa shape index (κ1) is 16.8. The van der Waals surface area contributed by atoms with Crippen LogP contribution in [0.3, 0.4) is 0 Å². The summed E-state index contributed by atoms with van der Waals surface area (Å²) in [4.78, 5) is 12.9. The van der Waals surface area contributed by atoms with Gasteiger partial charge in [-0.25, -0.2) is 23.4 Å². The monoisotopic (exact) mass is 350 g/mol. The lowest BCUT2D eigenvalue weighted by atomic mass is 9.96. The van der Waals surface area contributed by atoms with E-state index in [0.29, 0.717) is 18.2 Å². The van der Waals surface area contributed by atoms with Crippen LogP contribution in [0.4, 0.5) is 5.95 Å². The highest BCUT2D eigenvalue weighted by molar-refractivity contribution is 7.90. The number of aromatic nitrogens is 4. The Morgan fingerprint density at radius 1 is 1.46 bits per heavy atom. The Kier molecular flexibility index (Phi) is 5.10. The molecule has 0 unspecified atom stereocenters. The van der Waals surface area contributed by atoms with E-state index in [9.17, 15) is 8.42 Å². The smallest absolute Gasteiger partial charge is 0.223 e. The molecule has 2 aromatic heterocycles.